The van der Waals surface area contributed by atoms with E-state index in [9.17, 15) is 0 Å². The predicted octanol–water partition coefficient (Wildman–Crippen LogP) is 2.14. The van der Waals surface area contributed by atoms with Crippen molar-refractivity contribution >= 4 is 5.96 Å². The van der Waals surface area contributed by atoms with Crippen molar-refractivity contribution in [2.45, 2.75) is 70.5 Å². The minimum atomic E-state index is 0.474. The van der Waals surface area contributed by atoms with Crippen LogP contribution in [0.2, 0.25) is 0 Å². The lowest BCUT2D eigenvalue weighted by Gasteiger charge is -2.33. The highest BCUT2D eigenvalue weighted by atomic mass is 15.3. The minimum Gasteiger partial charge on any atom is -0.354 e. The first-order chi connectivity index (χ1) is 13.2. The lowest BCUT2D eigenvalue weighted by atomic mass is 9.95. The highest BCUT2D eigenvalue weighted by Crippen LogP contribution is 2.17. The molecule has 0 aromatic carbocycles. The molecule has 0 bridgehead atoms. The van der Waals surface area contributed by atoms with E-state index in [1.54, 1.807) is 0 Å². The number of likely N-dealkylation sites (tertiary alicyclic amines) is 1. The number of guanidine groups is 1. The number of piperidine rings is 1. The fraction of sp³-hybridized carbons (Fsp3) is 0.750. The Morgan fingerprint density at radius 3 is 2.37 bits per heavy atom. The van der Waals surface area contributed by atoms with Crippen molar-refractivity contribution in [2.24, 2.45) is 12.0 Å². The average molecular weight is 374 g/mol. The number of rotatable bonds is 6. The molecule has 1 aliphatic carbocycles. The molecule has 1 aromatic rings. The molecular weight excluding hydrogens is 338 g/mol. The molecule has 1 saturated heterocycles. The van der Waals surface area contributed by atoms with Crippen LogP contribution in [0.25, 0.3) is 0 Å². The SMILES string of the molecule is C=CCN1CCC(NC(=NCc2nnc(C)n2C)NC2CCCCC2)CC1. The summed E-state index contributed by atoms with van der Waals surface area (Å²) in [5.41, 5.74) is 0. The van der Waals surface area contributed by atoms with E-state index in [-0.39, 0.29) is 0 Å². The van der Waals surface area contributed by atoms with Gasteiger partial charge in [-0.05, 0) is 32.6 Å². The van der Waals surface area contributed by atoms with E-state index in [4.69, 9.17) is 4.99 Å². The monoisotopic (exact) mass is 373 g/mol. The summed E-state index contributed by atoms with van der Waals surface area (Å²) in [5.74, 6) is 2.76. The van der Waals surface area contributed by atoms with Crippen molar-refractivity contribution in [2.75, 3.05) is 19.6 Å². The lowest BCUT2D eigenvalue weighted by molar-refractivity contribution is 0.224. The average Bonchev–Trinajstić information content (AvgIpc) is 3.01. The standard InChI is InChI=1S/C20H35N7/c1-4-12-27-13-10-18(11-14-27)23-20(22-17-8-6-5-7-9-17)21-15-19-25-24-16(2)26(19)3/h4,17-18H,1,5-15H2,2-3H3,(H2,21,22,23). The van der Waals surface area contributed by atoms with Crippen LogP contribution in [-0.2, 0) is 13.6 Å². The third-order valence-corrected chi connectivity index (χ3v) is 5.82. The van der Waals surface area contributed by atoms with E-state index < -0.39 is 0 Å². The number of aliphatic imine (C=N–C) groups is 1. The van der Waals surface area contributed by atoms with Crippen LogP contribution in [0.3, 0.4) is 0 Å². The second-order valence-electron chi connectivity index (χ2n) is 7.87. The van der Waals surface area contributed by atoms with Crippen molar-refractivity contribution in [3.05, 3.63) is 24.3 Å². The molecule has 1 aliphatic heterocycles. The molecule has 3 rings (SSSR count). The Hall–Kier alpha value is -1.89. The quantitative estimate of drug-likeness (QED) is 0.454. The maximum absolute atomic E-state index is 4.85. The van der Waals surface area contributed by atoms with Gasteiger partial charge in [-0.25, -0.2) is 4.99 Å². The molecule has 7 nitrogen and oxygen atoms in total. The summed E-state index contributed by atoms with van der Waals surface area (Å²) < 4.78 is 2.01. The van der Waals surface area contributed by atoms with E-state index in [2.05, 4.69) is 32.3 Å². The summed E-state index contributed by atoms with van der Waals surface area (Å²) in [6.07, 6.45) is 10.7. The highest BCUT2D eigenvalue weighted by molar-refractivity contribution is 5.80. The predicted molar refractivity (Wildman–Crippen MR) is 110 cm³/mol. The molecule has 0 atom stereocenters. The minimum absolute atomic E-state index is 0.474. The number of aryl methyl sites for hydroxylation is 1. The van der Waals surface area contributed by atoms with Crippen LogP contribution in [0.1, 0.15) is 56.6 Å². The summed E-state index contributed by atoms with van der Waals surface area (Å²) in [7, 11) is 2.00. The third-order valence-electron chi connectivity index (χ3n) is 5.82. The van der Waals surface area contributed by atoms with Crippen molar-refractivity contribution in [1.82, 2.24) is 30.3 Å². The van der Waals surface area contributed by atoms with Crippen molar-refractivity contribution in [1.29, 1.82) is 0 Å². The molecule has 2 heterocycles. The molecular formula is C20H35N7. The van der Waals surface area contributed by atoms with E-state index in [0.29, 0.717) is 18.6 Å². The van der Waals surface area contributed by atoms with Gasteiger partial charge in [0, 0.05) is 38.8 Å². The number of nitrogens with zero attached hydrogens (tertiary/aromatic N) is 5. The van der Waals surface area contributed by atoms with E-state index in [0.717, 1.165) is 50.1 Å². The van der Waals surface area contributed by atoms with Crippen LogP contribution in [0.15, 0.2) is 17.6 Å². The molecule has 0 spiro atoms. The molecule has 150 valence electrons. The van der Waals surface area contributed by atoms with E-state index >= 15 is 0 Å². The van der Waals surface area contributed by atoms with Gasteiger partial charge in [-0.3, -0.25) is 4.90 Å². The van der Waals surface area contributed by atoms with E-state index in [1.807, 2.05) is 24.6 Å². The van der Waals surface area contributed by atoms with Gasteiger partial charge in [-0.2, -0.15) is 0 Å². The molecule has 1 aromatic heterocycles. The topological polar surface area (TPSA) is 70.4 Å². The first kappa shape index (κ1) is 19.9. The fourth-order valence-electron chi connectivity index (χ4n) is 3.95. The van der Waals surface area contributed by atoms with Crippen LogP contribution in [0, 0.1) is 6.92 Å². The normalized spacial score (nSPS) is 20.6. The largest absolute Gasteiger partial charge is 0.354 e. The van der Waals surface area contributed by atoms with Gasteiger partial charge in [0.25, 0.3) is 0 Å². The molecule has 7 heteroatoms. The molecule has 0 radical (unpaired) electrons. The van der Waals surface area contributed by atoms with Gasteiger partial charge in [0.2, 0.25) is 0 Å². The Balaban J connectivity index is 1.61. The van der Waals surface area contributed by atoms with Crippen LogP contribution in [-0.4, -0.2) is 57.3 Å². The summed E-state index contributed by atoms with van der Waals surface area (Å²) >= 11 is 0. The molecule has 2 fully saturated rings. The zero-order chi connectivity index (χ0) is 19.1. The van der Waals surface area contributed by atoms with E-state index in [1.165, 1.54) is 32.1 Å². The van der Waals surface area contributed by atoms with Crippen molar-refractivity contribution in [3.8, 4) is 0 Å². The second-order valence-corrected chi connectivity index (χ2v) is 7.87. The Labute approximate surface area is 163 Å². The zero-order valence-electron chi connectivity index (χ0n) is 17.0. The molecule has 0 amide bonds. The smallest absolute Gasteiger partial charge is 0.192 e. The number of hydrogen-bond donors (Lipinski definition) is 2. The first-order valence-electron chi connectivity index (χ1n) is 10.4. The zero-order valence-corrected chi connectivity index (χ0v) is 17.0. The van der Waals surface area contributed by atoms with Gasteiger partial charge < -0.3 is 15.2 Å². The Morgan fingerprint density at radius 2 is 1.78 bits per heavy atom. The number of nitrogens with one attached hydrogen (secondary N) is 2. The van der Waals surface area contributed by atoms with Crippen molar-refractivity contribution in [3.63, 3.8) is 0 Å². The Morgan fingerprint density at radius 1 is 1.11 bits per heavy atom. The van der Waals surface area contributed by atoms with Gasteiger partial charge in [-0.15, -0.1) is 16.8 Å². The summed E-state index contributed by atoms with van der Waals surface area (Å²) in [4.78, 5) is 7.31. The van der Waals surface area contributed by atoms with Gasteiger partial charge in [0.1, 0.15) is 12.4 Å². The van der Waals surface area contributed by atoms with Gasteiger partial charge in [0.15, 0.2) is 11.8 Å². The lowest BCUT2D eigenvalue weighted by Crippen LogP contribution is -2.51. The number of aromatic nitrogens is 3. The van der Waals surface area contributed by atoms with Crippen LogP contribution >= 0.6 is 0 Å². The van der Waals surface area contributed by atoms with Gasteiger partial charge in [-0.1, -0.05) is 25.3 Å². The van der Waals surface area contributed by atoms with Crippen LogP contribution < -0.4 is 10.6 Å². The Bertz CT molecular complexity index is 622. The van der Waals surface area contributed by atoms with Crippen LogP contribution in [0.5, 0.6) is 0 Å². The Kier molecular flexibility index (Phi) is 7.26. The molecule has 2 N–H and O–H groups in total. The third kappa shape index (κ3) is 5.79. The fourth-order valence-corrected chi connectivity index (χ4v) is 3.95. The maximum Gasteiger partial charge on any atom is 0.192 e. The highest BCUT2D eigenvalue weighted by Gasteiger charge is 2.21. The summed E-state index contributed by atoms with van der Waals surface area (Å²) in [5, 5.41) is 15.8. The molecule has 1 saturated carbocycles. The first-order valence-corrected chi connectivity index (χ1v) is 10.4. The van der Waals surface area contributed by atoms with Crippen molar-refractivity contribution < 1.29 is 0 Å². The van der Waals surface area contributed by atoms with Crippen LogP contribution in [0.4, 0.5) is 0 Å². The second kappa shape index (κ2) is 9.88. The molecule has 2 aliphatic rings. The maximum atomic E-state index is 4.85. The molecule has 27 heavy (non-hydrogen) atoms. The van der Waals surface area contributed by atoms with Gasteiger partial charge in [0.05, 0.1) is 0 Å². The summed E-state index contributed by atoms with van der Waals surface area (Å²) in [6.45, 7) is 9.58. The van der Waals surface area contributed by atoms with Gasteiger partial charge >= 0.3 is 0 Å². The number of hydrogen-bond acceptors (Lipinski definition) is 4. The summed E-state index contributed by atoms with van der Waals surface area (Å²) in [6, 6.07) is 1.01. The molecule has 0 unspecified atom stereocenters.